The molecule has 1 unspecified atom stereocenters. The fourth-order valence-corrected chi connectivity index (χ4v) is 2.19. The van der Waals surface area contributed by atoms with E-state index in [0.717, 1.165) is 23.4 Å². The lowest BCUT2D eigenvalue weighted by molar-refractivity contribution is 0.474. The van der Waals surface area contributed by atoms with Crippen LogP contribution in [0.4, 0.5) is 0 Å². The molecular weight excluding hydrogens is 272 g/mol. The molecule has 0 amide bonds. The van der Waals surface area contributed by atoms with Gasteiger partial charge in [0, 0.05) is 11.1 Å². The van der Waals surface area contributed by atoms with E-state index < -0.39 is 0 Å². The molecule has 20 heavy (non-hydrogen) atoms. The van der Waals surface area contributed by atoms with Crippen LogP contribution in [0.3, 0.4) is 0 Å². The van der Waals surface area contributed by atoms with Crippen molar-refractivity contribution < 1.29 is 4.74 Å². The van der Waals surface area contributed by atoms with Crippen LogP contribution < -0.4 is 10.1 Å². The quantitative estimate of drug-likeness (QED) is 0.880. The smallest absolute Gasteiger partial charge is 0.145 e. The second-order valence-electron chi connectivity index (χ2n) is 4.68. The Morgan fingerprint density at radius 3 is 2.70 bits per heavy atom. The summed E-state index contributed by atoms with van der Waals surface area (Å²) in [5, 5.41) is 3.90. The highest BCUT2D eigenvalue weighted by atomic mass is 35.5. The number of nitrogens with one attached hydrogen (secondary N) is 1. The van der Waals surface area contributed by atoms with E-state index in [1.54, 1.807) is 6.20 Å². The maximum Gasteiger partial charge on any atom is 0.145 e. The normalized spacial score (nSPS) is 12.2. The van der Waals surface area contributed by atoms with Gasteiger partial charge in [-0.3, -0.25) is 4.98 Å². The number of rotatable bonds is 5. The fraction of sp³-hybridized carbons (Fsp3) is 0.312. The number of halogens is 1. The summed E-state index contributed by atoms with van der Waals surface area (Å²) < 4.78 is 5.82. The van der Waals surface area contributed by atoms with Crippen molar-refractivity contribution in [3.05, 3.63) is 52.8 Å². The van der Waals surface area contributed by atoms with Crippen molar-refractivity contribution >= 4 is 11.6 Å². The SMILES string of the molecule is CCC(NC)c1ccc(Oc2cc(Cl)ccc2C)cn1. The van der Waals surface area contributed by atoms with Crippen LogP contribution in [-0.2, 0) is 0 Å². The first-order valence-electron chi connectivity index (χ1n) is 6.71. The number of aromatic nitrogens is 1. The Morgan fingerprint density at radius 1 is 1.30 bits per heavy atom. The molecule has 0 aliphatic carbocycles. The molecule has 4 heteroatoms. The second kappa shape index (κ2) is 6.73. The van der Waals surface area contributed by atoms with Gasteiger partial charge in [0.15, 0.2) is 0 Å². The molecule has 0 aliphatic rings. The van der Waals surface area contributed by atoms with Gasteiger partial charge in [-0.05, 0) is 50.2 Å². The third-order valence-corrected chi connectivity index (χ3v) is 3.49. The second-order valence-corrected chi connectivity index (χ2v) is 5.12. The fourth-order valence-electron chi connectivity index (χ4n) is 2.03. The molecule has 0 spiro atoms. The van der Waals surface area contributed by atoms with Gasteiger partial charge < -0.3 is 10.1 Å². The minimum absolute atomic E-state index is 0.275. The number of ether oxygens (including phenoxy) is 1. The summed E-state index contributed by atoms with van der Waals surface area (Å²) in [4.78, 5) is 4.45. The third kappa shape index (κ3) is 3.50. The van der Waals surface area contributed by atoms with Crippen molar-refractivity contribution in [1.82, 2.24) is 10.3 Å². The molecule has 0 aliphatic heterocycles. The highest BCUT2D eigenvalue weighted by molar-refractivity contribution is 6.30. The molecule has 0 fully saturated rings. The molecule has 1 aromatic carbocycles. The number of nitrogens with zero attached hydrogens (tertiary/aromatic N) is 1. The van der Waals surface area contributed by atoms with Crippen LogP contribution in [-0.4, -0.2) is 12.0 Å². The van der Waals surface area contributed by atoms with E-state index in [2.05, 4.69) is 17.2 Å². The van der Waals surface area contributed by atoms with Gasteiger partial charge in [0.2, 0.25) is 0 Å². The minimum atomic E-state index is 0.275. The highest BCUT2D eigenvalue weighted by Gasteiger charge is 2.08. The lowest BCUT2D eigenvalue weighted by Crippen LogP contribution is -2.16. The van der Waals surface area contributed by atoms with Crippen molar-refractivity contribution in [1.29, 1.82) is 0 Å². The highest BCUT2D eigenvalue weighted by Crippen LogP contribution is 2.28. The molecule has 3 nitrogen and oxygen atoms in total. The van der Waals surface area contributed by atoms with E-state index in [4.69, 9.17) is 16.3 Å². The Bertz CT molecular complexity index is 565. The predicted octanol–water partition coefficient (Wildman–Crippen LogP) is 4.51. The van der Waals surface area contributed by atoms with E-state index in [1.165, 1.54) is 0 Å². The minimum Gasteiger partial charge on any atom is -0.455 e. The summed E-state index contributed by atoms with van der Waals surface area (Å²) in [5.74, 6) is 1.47. The van der Waals surface area contributed by atoms with Crippen LogP contribution in [0.2, 0.25) is 5.02 Å². The zero-order chi connectivity index (χ0) is 14.5. The maximum atomic E-state index is 5.98. The van der Waals surface area contributed by atoms with E-state index in [9.17, 15) is 0 Å². The molecule has 1 heterocycles. The van der Waals surface area contributed by atoms with Crippen LogP contribution in [0.15, 0.2) is 36.5 Å². The van der Waals surface area contributed by atoms with Gasteiger partial charge in [0.1, 0.15) is 11.5 Å². The van der Waals surface area contributed by atoms with Gasteiger partial charge in [-0.2, -0.15) is 0 Å². The van der Waals surface area contributed by atoms with Crippen LogP contribution in [0.1, 0.15) is 30.6 Å². The van der Waals surface area contributed by atoms with Crippen molar-refractivity contribution in [3.63, 3.8) is 0 Å². The lowest BCUT2D eigenvalue weighted by atomic mass is 10.1. The molecule has 0 saturated carbocycles. The molecule has 1 atom stereocenters. The molecule has 1 aromatic heterocycles. The number of hydrogen-bond donors (Lipinski definition) is 1. The van der Waals surface area contributed by atoms with Gasteiger partial charge in [0.05, 0.1) is 11.9 Å². The number of benzene rings is 1. The van der Waals surface area contributed by atoms with Crippen molar-refractivity contribution in [2.24, 2.45) is 0 Å². The number of hydrogen-bond acceptors (Lipinski definition) is 3. The van der Waals surface area contributed by atoms with Gasteiger partial charge in [-0.25, -0.2) is 0 Å². The molecular formula is C16H19ClN2O. The monoisotopic (exact) mass is 290 g/mol. The largest absolute Gasteiger partial charge is 0.455 e. The Kier molecular flexibility index (Phi) is 4.99. The van der Waals surface area contributed by atoms with Crippen LogP contribution >= 0.6 is 11.6 Å². The standard InChI is InChI=1S/C16H19ClN2O/c1-4-14(18-3)15-8-7-13(10-19-15)20-16-9-12(17)6-5-11(16)2/h5-10,14,18H,4H2,1-3H3. The predicted molar refractivity (Wildman–Crippen MR) is 82.6 cm³/mol. The topological polar surface area (TPSA) is 34.1 Å². The molecule has 0 radical (unpaired) electrons. The van der Waals surface area contributed by atoms with Gasteiger partial charge in [0.25, 0.3) is 0 Å². The average Bonchev–Trinajstić information content (AvgIpc) is 2.46. The number of aryl methyl sites for hydroxylation is 1. The molecule has 2 aromatic rings. The van der Waals surface area contributed by atoms with Crippen LogP contribution in [0, 0.1) is 6.92 Å². The molecule has 2 rings (SSSR count). The van der Waals surface area contributed by atoms with Crippen LogP contribution in [0.5, 0.6) is 11.5 Å². The van der Waals surface area contributed by atoms with E-state index in [1.807, 2.05) is 44.3 Å². The Labute approximate surface area is 124 Å². The summed E-state index contributed by atoms with van der Waals surface area (Å²) in [6.07, 6.45) is 2.74. The van der Waals surface area contributed by atoms with E-state index >= 15 is 0 Å². The zero-order valence-corrected chi connectivity index (χ0v) is 12.7. The summed E-state index contributed by atoms with van der Waals surface area (Å²) >= 11 is 5.98. The summed E-state index contributed by atoms with van der Waals surface area (Å²) in [5.41, 5.74) is 2.06. The van der Waals surface area contributed by atoms with Crippen molar-refractivity contribution in [2.45, 2.75) is 26.3 Å². The van der Waals surface area contributed by atoms with Crippen LogP contribution in [0.25, 0.3) is 0 Å². The Hall–Kier alpha value is -1.58. The van der Waals surface area contributed by atoms with E-state index in [0.29, 0.717) is 10.8 Å². The van der Waals surface area contributed by atoms with Gasteiger partial charge in [-0.1, -0.05) is 24.6 Å². The molecule has 0 bridgehead atoms. The third-order valence-electron chi connectivity index (χ3n) is 3.25. The Morgan fingerprint density at radius 2 is 2.10 bits per heavy atom. The molecule has 106 valence electrons. The summed E-state index contributed by atoms with van der Waals surface area (Å²) in [6.45, 7) is 4.12. The Balaban J connectivity index is 2.16. The maximum absolute atomic E-state index is 5.98. The van der Waals surface area contributed by atoms with Gasteiger partial charge in [-0.15, -0.1) is 0 Å². The van der Waals surface area contributed by atoms with Crippen molar-refractivity contribution in [2.75, 3.05) is 7.05 Å². The first kappa shape index (κ1) is 14.8. The van der Waals surface area contributed by atoms with Gasteiger partial charge >= 0.3 is 0 Å². The average molecular weight is 291 g/mol. The molecule has 1 N–H and O–H groups in total. The number of pyridine rings is 1. The van der Waals surface area contributed by atoms with Crippen molar-refractivity contribution in [3.8, 4) is 11.5 Å². The first-order valence-corrected chi connectivity index (χ1v) is 7.09. The van der Waals surface area contributed by atoms with E-state index in [-0.39, 0.29) is 6.04 Å². The zero-order valence-electron chi connectivity index (χ0n) is 12.0. The summed E-state index contributed by atoms with van der Waals surface area (Å²) in [6, 6.07) is 9.80. The lowest BCUT2D eigenvalue weighted by Gasteiger charge is -2.14. The summed E-state index contributed by atoms with van der Waals surface area (Å²) in [7, 11) is 1.94. The molecule has 0 saturated heterocycles. The first-order chi connectivity index (χ1) is 9.63.